The summed E-state index contributed by atoms with van der Waals surface area (Å²) in [5, 5.41) is 8.09. The first-order valence-corrected chi connectivity index (χ1v) is 7.04. The van der Waals surface area contributed by atoms with Crippen LogP contribution in [0, 0.1) is 0 Å². The molecule has 23 heavy (non-hydrogen) atoms. The molecule has 0 bridgehead atoms. The van der Waals surface area contributed by atoms with Crippen molar-refractivity contribution in [3.8, 4) is 22.4 Å². The van der Waals surface area contributed by atoms with Gasteiger partial charge in [-0.2, -0.15) is 0 Å². The Morgan fingerprint density at radius 2 is 1.17 bits per heavy atom. The first-order chi connectivity index (χ1) is 11.3. The molecule has 0 fully saturated rings. The van der Waals surface area contributed by atoms with E-state index in [-0.39, 0.29) is 11.3 Å². The number of carbonyl (C=O) groups excluding carboxylic acids is 2. The number of ether oxygens (including phenoxy) is 1. The van der Waals surface area contributed by atoms with Crippen molar-refractivity contribution in [2.75, 3.05) is 0 Å². The summed E-state index contributed by atoms with van der Waals surface area (Å²) >= 11 is 0. The van der Waals surface area contributed by atoms with Gasteiger partial charge in [-0.25, -0.2) is 9.59 Å². The molecule has 2 heterocycles. The Morgan fingerprint density at radius 1 is 0.609 bits per heavy atom. The molecule has 4 rings (SSSR count). The summed E-state index contributed by atoms with van der Waals surface area (Å²) in [7, 11) is 0. The molecule has 5 heteroatoms. The third-order valence-corrected chi connectivity index (χ3v) is 3.67. The van der Waals surface area contributed by atoms with Crippen LogP contribution in [0.4, 0.5) is 0 Å². The van der Waals surface area contributed by atoms with Crippen LogP contribution in [0.5, 0.6) is 0 Å². The topological polar surface area (TPSA) is 69.2 Å². The average Bonchev–Trinajstić information content (AvgIpc) is 2.90. The monoisotopic (exact) mass is 302 g/mol. The Hall–Kier alpha value is -3.34. The molecule has 1 aromatic heterocycles. The van der Waals surface area contributed by atoms with Crippen LogP contribution in [-0.2, 0) is 4.74 Å². The van der Waals surface area contributed by atoms with E-state index in [0.29, 0.717) is 11.3 Å². The van der Waals surface area contributed by atoms with Crippen molar-refractivity contribution >= 4 is 11.9 Å². The summed E-state index contributed by atoms with van der Waals surface area (Å²) in [6.07, 6.45) is 0. The molecule has 5 nitrogen and oxygen atoms in total. The average molecular weight is 302 g/mol. The van der Waals surface area contributed by atoms with Gasteiger partial charge in [-0.1, -0.05) is 60.7 Å². The SMILES string of the molecule is O=C1OC(=O)c2c1nnc(-c1ccccc1)c2-c1ccccc1. The number of fused-ring (bicyclic) bond motifs is 1. The number of benzene rings is 2. The highest BCUT2D eigenvalue weighted by atomic mass is 16.6. The van der Waals surface area contributed by atoms with E-state index in [1.807, 2.05) is 60.7 Å². The summed E-state index contributed by atoms with van der Waals surface area (Å²) in [5.74, 6) is -1.44. The standard InChI is InChI=1S/C18H10N2O3/c21-17-14-13(11-7-3-1-4-8-11)15(12-9-5-2-6-10-12)19-20-16(14)18(22)23-17/h1-10H. The molecule has 1 aliphatic rings. The summed E-state index contributed by atoms with van der Waals surface area (Å²) in [6.45, 7) is 0. The van der Waals surface area contributed by atoms with E-state index < -0.39 is 11.9 Å². The predicted molar refractivity (Wildman–Crippen MR) is 82.7 cm³/mol. The van der Waals surface area contributed by atoms with Gasteiger partial charge in [0.25, 0.3) is 0 Å². The lowest BCUT2D eigenvalue weighted by Gasteiger charge is -2.10. The number of carbonyl (C=O) groups is 2. The molecule has 0 atom stereocenters. The van der Waals surface area contributed by atoms with Crippen LogP contribution < -0.4 is 0 Å². The van der Waals surface area contributed by atoms with E-state index in [1.54, 1.807) is 0 Å². The lowest BCUT2D eigenvalue weighted by atomic mass is 9.94. The fraction of sp³-hybridized carbons (Fsp3) is 0. The lowest BCUT2D eigenvalue weighted by Crippen LogP contribution is -2.04. The smallest absolute Gasteiger partial charge is 0.367 e. The Balaban J connectivity index is 2.08. The van der Waals surface area contributed by atoms with Gasteiger partial charge in [0.2, 0.25) is 0 Å². The summed E-state index contributed by atoms with van der Waals surface area (Å²) in [5.41, 5.74) is 2.85. The molecule has 0 aliphatic carbocycles. The van der Waals surface area contributed by atoms with Crippen LogP contribution in [0.15, 0.2) is 60.7 Å². The minimum absolute atomic E-state index is 0.0338. The molecule has 0 N–H and O–H groups in total. The second-order valence-corrected chi connectivity index (χ2v) is 5.06. The van der Waals surface area contributed by atoms with Crippen molar-refractivity contribution in [1.29, 1.82) is 0 Å². The minimum atomic E-state index is -0.755. The van der Waals surface area contributed by atoms with Crippen molar-refractivity contribution in [3.05, 3.63) is 71.9 Å². The quantitative estimate of drug-likeness (QED) is 0.537. The molecular formula is C18H10N2O3. The molecule has 1 aliphatic heterocycles. The van der Waals surface area contributed by atoms with E-state index in [9.17, 15) is 9.59 Å². The van der Waals surface area contributed by atoms with Gasteiger partial charge in [-0.05, 0) is 5.56 Å². The number of hydrogen-bond acceptors (Lipinski definition) is 5. The first-order valence-electron chi connectivity index (χ1n) is 7.04. The van der Waals surface area contributed by atoms with Crippen LogP contribution >= 0.6 is 0 Å². The molecule has 0 spiro atoms. The van der Waals surface area contributed by atoms with Gasteiger partial charge in [0.1, 0.15) is 11.3 Å². The zero-order chi connectivity index (χ0) is 15.8. The molecule has 0 amide bonds. The Labute approximate surface area is 131 Å². The van der Waals surface area contributed by atoms with Gasteiger partial charge in [-0.3, -0.25) is 0 Å². The van der Waals surface area contributed by atoms with Crippen molar-refractivity contribution < 1.29 is 14.3 Å². The van der Waals surface area contributed by atoms with Crippen LogP contribution in [0.25, 0.3) is 22.4 Å². The maximum atomic E-state index is 12.1. The predicted octanol–water partition coefficient (Wildman–Crippen LogP) is 3.12. The fourth-order valence-corrected chi connectivity index (χ4v) is 2.65. The van der Waals surface area contributed by atoms with Crippen molar-refractivity contribution in [2.45, 2.75) is 0 Å². The number of esters is 2. The second-order valence-electron chi connectivity index (χ2n) is 5.06. The lowest BCUT2D eigenvalue weighted by molar-refractivity contribution is 0.0441. The van der Waals surface area contributed by atoms with Crippen LogP contribution in [0.2, 0.25) is 0 Å². The first kappa shape index (κ1) is 13.3. The number of aromatic nitrogens is 2. The normalized spacial score (nSPS) is 12.9. The fourth-order valence-electron chi connectivity index (χ4n) is 2.65. The third kappa shape index (κ3) is 2.10. The maximum absolute atomic E-state index is 12.1. The Bertz CT molecular complexity index is 922. The Kier molecular flexibility index (Phi) is 2.98. The van der Waals surface area contributed by atoms with Crippen molar-refractivity contribution in [3.63, 3.8) is 0 Å². The highest BCUT2D eigenvalue weighted by Crippen LogP contribution is 2.36. The van der Waals surface area contributed by atoms with Crippen molar-refractivity contribution in [2.24, 2.45) is 0 Å². The molecular weight excluding hydrogens is 292 g/mol. The Morgan fingerprint density at radius 3 is 1.83 bits per heavy atom. The number of cyclic esters (lactones) is 2. The summed E-state index contributed by atoms with van der Waals surface area (Å²) in [6, 6.07) is 18.7. The second kappa shape index (κ2) is 5.14. The maximum Gasteiger partial charge on any atom is 0.367 e. The van der Waals surface area contributed by atoms with Crippen molar-refractivity contribution in [1.82, 2.24) is 10.2 Å². The van der Waals surface area contributed by atoms with Crippen LogP contribution in [0.1, 0.15) is 20.8 Å². The summed E-state index contributed by atoms with van der Waals surface area (Å²) < 4.78 is 4.70. The van der Waals surface area contributed by atoms with Gasteiger partial charge in [-0.15, -0.1) is 10.2 Å². The molecule has 0 saturated carbocycles. The number of hydrogen-bond donors (Lipinski definition) is 0. The summed E-state index contributed by atoms with van der Waals surface area (Å²) in [4.78, 5) is 23.9. The number of rotatable bonds is 2. The highest BCUT2D eigenvalue weighted by Gasteiger charge is 2.36. The van der Waals surface area contributed by atoms with Crippen LogP contribution in [-0.4, -0.2) is 22.1 Å². The van der Waals surface area contributed by atoms with E-state index in [1.165, 1.54) is 0 Å². The van der Waals surface area contributed by atoms with E-state index in [2.05, 4.69) is 10.2 Å². The molecule has 0 saturated heterocycles. The highest BCUT2D eigenvalue weighted by molar-refractivity contribution is 6.18. The number of nitrogens with zero attached hydrogens (tertiary/aromatic N) is 2. The molecule has 0 radical (unpaired) electrons. The molecule has 110 valence electrons. The van der Waals surface area contributed by atoms with Gasteiger partial charge in [0.15, 0.2) is 5.69 Å². The van der Waals surface area contributed by atoms with E-state index >= 15 is 0 Å². The zero-order valence-electron chi connectivity index (χ0n) is 11.9. The molecule has 2 aromatic carbocycles. The molecule has 3 aromatic rings. The minimum Gasteiger partial charge on any atom is -0.384 e. The molecule has 0 unspecified atom stereocenters. The van der Waals surface area contributed by atoms with Gasteiger partial charge in [0, 0.05) is 11.1 Å². The third-order valence-electron chi connectivity index (χ3n) is 3.67. The van der Waals surface area contributed by atoms with Gasteiger partial charge < -0.3 is 4.74 Å². The van der Waals surface area contributed by atoms with Gasteiger partial charge >= 0.3 is 11.9 Å². The van der Waals surface area contributed by atoms with Gasteiger partial charge in [0.05, 0.1) is 0 Å². The van der Waals surface area contributed by atoms with E-state index in [4.69, 9.17) is 4.74 Å². The van der Waals surface area contributed by atoms with Crippen LogP contribution in [0.3, 0.4) is 0 Å². The largest absolute Gasteiger partial charge is 0.384 e. The zero-order valence-corrected chi connectivity index (χ0v) is 11.9. The van der Waals surface area contributed by atoms with E-state index in [0.717, 1.165) is 11.1 Å².